The zero-order valence-corrected chi connectivity index (χ0v) is 14.9. The van der Waals surface area contributed by atoms with Crippen molar-refractivity contribution in [1.29, 1.82) is 0 Å². The zero-order chi connectivity index (χ0) is 17.5. The van der Waals surface area contributed by atoms with E-state index in [1.807, 2.05) is 42.5 Å². The third-order valence-corrected chi connectivity index (χ3v) is 4.14. The summed E-state index contributed by atoms with van der Waals surface area (Å²) in [5, 5.41) is 7.43. The fourth-order valence-corrected chi connectivity index (χ4v) is 2.79. The van der Waals surface area contributed by atoms with Gasteiger partial charge in [-0.3, -0.25) is 0 Å². The van der Waals surface area contributed by atoms with Gasteiger partial charge in [0.05, 0.1) is 6.04 Å². The van der Waals surface area contributed by atoms with Gasteiger partial charge < -0.3 is 10.6 Å². The van der Waals surface area contributed by atoms with Gasteiger partial charge in [-0.1, -0.05) is 54.1 Å². The summed E-state index contributed by atoms with van der Waals surface area (Å²) in [4.78, 5) is 8.83. The summed E-state index contributed by atoms with van der Waals surface area (Å²) < 4.78 is 0. The van der Waals surface area contributed by atoms with Crippen molar-refractivity contribution in [2.24, 2.45) is 0 Å². The van der Waals surface area contributed by atoms with Gasteiger partial charge in [-0.15, -0.1) is 0 Å². The van der Waals surface area contributed by atoms with E-state index in [4.69, 9.17) is 11.6 Å². The second-order valence-corrected chi connectivity index (χ2v) is 6.29. The molecule has 0 aliphatic heterocycles. The maximum Gasteiger partial charge on any atom is 0.225 e. The number of nitrogens with zero attached hydrogens (tertiary/aromatic N) is 2. The minimum atomic E-state index is 0.142. The third kappa shape index (κ3) is 5.19. The quantitative estimate of drug-likeness (QED) is 0.631. The molecule has 3 aromatic rings. The van der Waals surface area contributed by atoms with Crippen molar-refractivity contribution in [3.8, 4) is 0 Å². The van der Waals surface area contributed by atoms with Crippen LogP contribution in [0.5, 0.6) is 0 Å². The highest BCUT2D eigenvalue weighted by molar-refractivity contribution is 6.30. The van der Waals surface area contributed by atoms with Crippen molar-refractivity contribution in [3.63, 3.8) is 0 Å². The molecular formula is C20H21ClN4. The predicted octanol–water partition coefficient (Wildman–Crippen LogP) is 4.96. The highest BCUT2D eigenvalue weighted by Crippen LogP contribution is 2.17. The zero-order valence-electron chi connectivity index (χ0n) is 14.1. The van der Waals surface area contributed by atoms with E-state index in [9.17, 15) is 0 Å². The smallest absolute Gasteiger partial charge is 0.225 e. The van der Waals surface area contributed by atoms with Crippen LogP contribution in [0.25, 0.3) is 0 Å². The van der Waals surface area contributed by atoms with Crippen LogP contribution in [-0.2, 0) is 6.42 Å². The van der Waals surface area contributed by atoms with Crippen molar-refractivity contribution in [1.82, 2.24) is 9.97 Å². The van der Waals surface area contributed by atoms with Gasteiger partial charge in [0.2, 0.25) is 5.95 Å². The molecule has 0 saturated carbocycles. The minimum absolute atomic E-state index is 0.142. The molecule has 128 valence electrons. The molecule has 5 heteroatoms. The molecule has 0 bridgehead atoms. The summed E-state index contributed by atoms with van der Waals surface area (Å²) in [5.74, 6) is 1.42. The monoisotopic (exact) mass is 352 g/mol. The lowest BCUT2D eigenvalue weighted by Gasteiger charge is -2.14. The molecule has 0 fully saturated rings. The first kappa shape index (κ1) is 17.2. The minimum Gasteiger partial charge on any atom is -0.370 e. The van der Waals surface area contributed by atoms with Crippen LogP contribution in [0.3, 0.4) is 0 Å². The van der Waals surface area contributed by atoms with Crippen LogP contribution in [0.4, 0.5) is 11.8 Å². The largest absolute Gasteiger partial charge is 0.370 e. The molecule has 4 nitrogen and oxygen atoms in total. The number of halogens is 1. The Bertz CT molecular complexity index is 808. The van der Waals surface area contributed by atoms with Gasteiger partial charge in [0.1, 0.15) is 5.82 Å². The third-order valence-electron chi connectivity index (χ3n) is 3.91. The Labute approximate surface area is 153 Å². The van der Waals surface area contributed by atoms with Gasteiger partial charge >= 0.3 is 0 Å². The van der Waals surface area contributed by atoms with E-state index in [1.165, 1.54) is 11.1 Å². The van der Waals surface area contributed by atoms with E-state index in [1.54, 1.807) is 6.20 Å². The Kier molecular flexibility index (Phi) is 5.86. The Morgan fingerprint density at radius 3 is 2.68 bits per heavy atom. The standard InChI is InChI=1S/C20H21ClN4/c1-15(17-7-3-2-4-8-17)24-20-23-13-11-19(25-20)22-12-10-16-6-5-9-18(21)14-16/h2-9,11,13-15H,10,12H2,1H3,(H2,22,23,24,25). The Morgan fingerprint density at radius 2 is 1.88 bits per heavy atom. The lowest BCUT2D eigenvalue weighted by molar-refractivity contribution is 0.859. The Balaban J connectivity index is 1.56. The van der Waals surface area contributed by atoms with Gasteiger partial charge in [-0.25, -0.2) is 4.98 Å². The molecule has 0 saturated heterocycles. The van der Waals surface area contributed by atoms with Gasteiger partial charge in [0.25, 0.3) is 0 Å². The number of nitrogens with one attached hydrogen (secondary N) is 2. The fourth-order valence-electron chi connectivity index (χ4n) is 2.57. The maximum atomic E-state index is 6.01. The van der Waals surface area contributed by atoms with Gasteiger partial charge in [-0.05, 0) is 42.7 Å². The molecule has 0 aliphatic carbocycles. The molecule has 25 heavy (non-hydrogen) atoms. The Hall–Kier alpha value is -2.59. The number of anilines is 2. The van der Waals surface area contributed by atoms with Crippen LogP contribution >= 0.6 is 11.6 Å². The summed E-state index contributed by atoms with van der Waals surface area (Å²) in [5.41, 5.74) is 2.40. The first-order valence-electron chi connectivity index (χ1n) is 8.33. The molecule has 1 aromatic heterocycles. The predicted molar refractivity (Wildman–Crippen MR) is 104 cm³/mol. The normalized spacial score (nSPS) is 11.8. The number of aromatic nitrogens is 2. The van der Waals surface area contributed by atoms with Crippen molar-refractivity contribution >= 4 is 23.4 Å². The number of hydrogen-bond donors (Lipinski definition) is 2. The molecule has 2 N–H and O–H groups in total. The van der Waals surface area contributed by atoms with Crippen LogP contribution in [0.1, 0.15) is 24.1 Å². The lowest BCUT2D eigenvalue weighted by atomic mass is 10.1. The SMILES string of the molecule is CC(Nc1nccc(NCCc2cccc(Cl)c2)n1)c1ccccc1. The summed E-state index contributed by atoms with van der Waals surface area (Å²) >= 11 is 6.01. The van der Waals surface area contributed by atoms with Crippen molar-refractivity contribution in [2.75, 3.05) is 17.2 Å². The van der Waals surface area contributed by atoms with Crippen LogP contribution in [0, 0.1) is 0 Å². The highest BCUT2D eigenvalue weighted by atomic mass is 35.5. The lowest BCUT2D eigenvalue weighted by Crippen LogP contribution is -2.11. The maximum absolute atomic E-state index is 6.01. The average Bonchev–Trinajstić information content (AvgIpc) is 2.63. The molecule has 1 heterocycles. The van der Waals surface area contributed by atoms with Crippen LogP contribution in [0.2, 0.25) is 5.02 Å². The van der Waals surface area contributed by atoms with E-state index in [0.29, 0.717) is 5.95 Å². The van der Waals surface area contributed by atoms with Gasteiger partial charge in [0, 0.05) is 17.8 Å². The number of hydrogen-bond acceptors (Lipinski definition) is 4. The van der Waals surface area contributed by atoms with Crippen LogP contribution < -0.4 is 10.6 Å². The molecule has 3 rings (SSSR count). The summed E-state index contributed by atoms with van der Waals surface area (Å²) in [6.07, 6.45) is 2.64. The van der Waals surface area contributed by atoms with E-state index in [-0.39, 0.29) is 6.04 Å². The molecule has 0 amide bonds. The summed E-state index contributed by atoms with van der Waals surface area (Å²) in [7, 11) is 0. The molecular weight excluding hydrogens is 332 g/mol. The van der Waals surface area contributed by atoms with Crippen LogP contribution in [0.15, 0.2) is 66.9 Å². The van der Waals surface area contributed by atoms with Crippen molar-refractivity contribution < 1.29 is 0 Å². The second-order valence-electron chi connectivity index (χ2n) is 5.85. The van der Waals surface area contributed by atoms with Gasteiger partial charge in [0.15, 0.2) is 0 Å². The van der Waals surface area contributed by atoms with Crippen molar-refractivity contribution in [2.45, 2.75) is 19.4 Å². The topological polar surface area (TPSA) is 49.8 Å². The van der Waals surface area contributed by atoms with E-state index < -0.39 is 0 Å². The Morgan fingerprint density at radius 1 is 1.04 bits per heavy atom. The molecule has 2 aromatic carbocycles. The van der Waals surface area contributed by atoms with E-state index in [2.05, 4.69) is 45.7 Å². The molecule has 1 atom stereocenters. The van der Waals surface area contributed by atoms with Crippen LogP contribution in [-0.4, -0.2) is 16.5 Å². The molecule has 1 unspecified atom stereocenters. The summed E-state index contributed by atoms with van der Waals surface area (Å²) in [6.45, 7) is 2.88. The van der Waals surface area contributed by atoms with Crippen molar-refractivity contribution in [3.05, 3.63) is 83.0 Å². The fraction of sp³-hybridized carbons (Fsp3) is 0.200. The first-order valence-corrected chi connectivity index (χ1v) is 8.71. The highest BCUT2D eigenvalue weighted by Gasteiger charge is 2.07. The number of benzene rings is 2. The van der Waals surface area contributed by atoms with E-state index in [0.717, 1.165) is 23.8 Å². The average molecular weight is 353 g/mol. The van der Waals surface area contributed by atoms with E-state index >= 15 is 0 Å². The second kappa shape index (κ2) is 8.49. The summed E-state index contributed by atoms with van der Waals surface area (Å²) in [6, 6.07) is 20.2. The number of rotatable bonds is 7. The molecule has 0 spiro atoms. The first-order chi connectivity index (χ1) is 12.2. The molecule has 0 radical (unpaired) electrons. The van der Waals surface area contributed by atoms with Gasteiger partial charge in [-0.2, -0.15) is 4.98 Å². The molecule has 0 aliphatic rings.